The monoisotopic (exact) mass is 317 g/mol. The molecule has 21 heavy (non-hydrogen) atoms. The highest BCUT2D eigenvalue weighted by Crippen LogP contribution is 2.29. The van der Waals surface area contributed by atoms with Gasteiger partial charge in [0.1, 0.15) is 11.5 Å². The minimum Gasteiger partial charge on any atom is -0.497 e. The average molecular weight is 317 g/mol. The van der Waals surface area contributed by atoms with Crippen molar-refractivity contribution in [1.29, 1.82) is 0 Å². The molecule has 0 spiro atoms. The first-order valence-corrected chi connectivity index (χ1v) is 8.40. The summed E-state index contributed by atoms with van der Waals surface area (Å²) in [4.78, 5) is 4.59. The van der Waals surface area contributed by atoms with Gasteiger partial charge in [0.25, 0.3) is 0 Å². The van der Waals surface area contributed by atoms with Crippen LogP contribution in [0.15, 0.2) is 52.9 Å². The van der Waals surface area contributed by atoms with Crippen molar-refractivity contribution >= 4 is 33.3 Å². The number of hydrogen-bond donors (Lipinski definition) is 0. The fraction of sp³-hybridized carbons (Fsp3) is 0.188. The first kappa shape index (κ1) is 14.2. The lowest BCUT2D eigenvalue weighted by Gasteiger charge is -2.06. The Kier molecular flexibility index (Phi) is 4.62. The lowest BCUT2D eigenvalue weighted by Crippen LogP contribution is -2.00. The summed E-state index contributed by atoms with van der Waals surface area (Å²) in [6, 6.07) is 15.9. The topological polar surface area (TPSA) is 31.4 Å². The third-order valence-electron chi connectivity index (χ3n) is 2.89. The number of fused-ring (bicyclic) bond motifs is 1. The van der Waals surface area contributed by atoms with Gasteiger partial charge in [0.05, 0.1) is 23.9 Å². The minimum absolute atomic E-state index is 0.647. The lowest BCUT2D eigenvalue weighted by atomic mass is 10.3. The number of aromatic nitrogens is 1. The normalized spacial score (nSPS) is 10.7. The molecule has 0 amide bonds. The van der Waals surface area contributed by atoms with Gasteiger partial charge >= 0.3 is 0 Å². The first-order chi connectivity index (χ1) is 10.3. The molecule has 2 aromatic carbocycles. The predicted octanol–water partition coefficient (Wildman–Crippen LogP) is 4.48. The van der Waals surface area contributed by atoms with Crippen LogP contribution < -0.4 is 9.47 Å². The molecule has 0 atom stereocenters. The van der Waals surface area contributed by atoms with Crippen molar-refractivity contribution in [3.63, 3.8) is 0 Å². The molecule has 0 unspecified atom stereocenters. The second-order valence-corrected chi connectivity index (χ2v) is 6.70. The van der Waals surface area contributed by atoms with Crippen LogP contribution in [0, 0.1) is 0 Å². The van der Waals surface area contributed by atoms with Crippen molar-refractivity contribution in [2.75, 3.05) is 19.5 Å². The number of para-hydroxylation sites is 1. The van der Waals surface area contributed by atoms with Gasteiger partial charge in [-0.15, -0.1) is 11.3 Å². The van der Waals surface area contributed by atoms with Gasteiger partial charge < -0.3 is 9.47 Å². The number of ether oxygens (including phenoxy) is 2. The molecule has 5 heteroatoms. The SMILES string of the molecule is COc1cccc(OCCSc2nc3ccccc3s2)c1. The number of benzene rings is 2. The quantitative estimate of drug-likeness (QED) is 0.495. The van der Waals surface area contributed by atoms with Gasteiger partial charge in [0.2, 0.25) is 0 Å². The number of rotatable bonds is 6. The van der Waals surface area contributed by atoms with Crippen LogP contribution in [-0.4, -0.2) is 24.5 Å². The van der Waals surface area contributed by atoms with E-state index in [-0.39, 0.29) is 0 Å². The molecular weight excluding hydrogens is 302 g/mol. The van der Waals surface area contributed by atoms with Gasteiger partial charge in [-0.2, -0.15) is 0 Å². The molecule has 0 radical (unpaired) electrons. The highest BCUT2D eigenvalue weighted by molar-refractivity contribution is 8.01. The lowest BCUT2D eigenvalue weighted by molar-refractivity contribution is 0.339. The van der Waals surface area contributed by atoms with E-state index in [9.17, 15) is 0 Å². The van der Waals surface area contributed by atoms with E-state index in [1.165, 1.54) is 4.70 Å². The van der Waals surface area contributed by atoms with Gasteiger partial charge in [0.15, 0.2) is 4.34 Å². The predicted molar refractivity (Wildman–Crippen MR) is 88.8 cm³/mol. The zero-order valence-electron chi connectivity index (χ0n) is 11.6. The van der Waals surface area contributed by atoms with E-state index in [1.54, 1.807) is 30.2 Å². The Balaban J connectivity index is 1.51. The van der Waals surface area contributed by atoms with Crippen molar-refractivity contribution < 1.29 is 9.47 Å². The second-order valence-electron chi connectivity index (χ2n) is 4.32. The largest absolute Gasteiger partial charge is 0.497 e. The number of thioether (sulfide) groups is 1. The van der Waals surface area contributed by atoms with E-state index >= 15 is 0 Å². The Bertz CT molecular complexity index is 694. The Morgan fingerprint density at radius 3 is 2.81 bits per heavy atom. The average Bonchev–Trinajstić information content (AvgIpc) is 2.94. The Morgan fingerprint density at radius 1 is 1.10 bits per heavy atom. The zero-order valence-corrected chi connectivity index (χ0v) is 13.2. The van der Waals surface area contributed by atoms with E-state index in [0.717, 1.165) is 27.1 Å². The summed E-state index contributed by atoms with van der Waals surface area (Å²) in [5, 5.41) is 0. The maximum Gasteiger partial charge on any atom is 0.151 e. The van der Waals surface area contributed by atoms with Crippen LogP contribution in [0.3, 0.4) is 0 Å². The smallest absolute Gasteiger partial charge is 0.151 e. The first-order valence-electron chi connectivity index (χ1n) is 6.60. The summed E-state index contributed by atoms with van der Waals surface area (Å²) in [5.74, 6) is 2.52. The molecule has 0 aliphatic carbocycles. The molecule has 0 saturated heterocycles. The van der Waals surface area contributed by atoms with E-state index in [0.29, 0.717) is 6.61 Å². The number of thiazole rings is 1. The third kappa shape index (κ3) is 3.68. The number of methoxy groups -OCH3 is 1. The van der Waals surface area contributed by atoms with Crippen LogP contribution in [0.1, 0.15) is 0 Å². The molecule has 0 aliphatic heterocycles. The van der Waals surface area contributed by atoms with Crippen LogP contribution in [0.2, 0.25) is 0 Å². The molecule has 0 bridgehead atoms. The number of hydrogen-bond acceptors (Lipinski definition) is 5. The van der Waals surface area contributed by atoms with Gasteiger partial charge in [-0.1, -0.05) is 30.0 Å². The highest BCUT2D eigenvalue weighted by atomic mass is 32.2. The molecule has 1 heterocycles. The number of nitrogens with zero attached hydrogens (tertiary/aromatic N) is 1. The standard InChI is InChI=1S/C16H15NO2S2/c1-18-12-5-4-6-13(11-12)19-9-10-20-16-17-14-7-2-3-8-15(14)21-16/h2-8,11H,9-10H2,1H3. The van der Waals surface area contributed by atoms with Crippen molar-refractivity contribution in [2.45, 2.75) is 4.34 Å². The molecule has 1 aromatic heterocycles. The molecule has 3 nitrogen and oxygen atoms in total. The van der Waals surface area contributed by atoms with Crippen molar-refractivity contribution in [2.24, 2.45) is 0 Å². The molecule has 108 valence electrons. The van der Waals surface area contributed by atoms with Crippen LogP contribution in [0.25, 0.3) is 10.2 Å². The van der Waals surface area contributed by atoms with Crippen LogP contribution in [0.4, 0.5) is 0 Å². The van der Waals surface area contributed by atoms with Crippen LogP contribution in [-0.2, 0) is 0 Å². The molecular formula is C16H15NO2S2. The van der Waals surface area contributed by atoms with Gasteiger partial charge in [-0.3, -0.25) is 0 Å². The molecule has 3 aromatic rings. The molecule has 0 saturated carbocycles. The molecule has 0 N–H and O–H groups in total. The van der Waals surface area contributed by atoms with Gasteiger partial charge in [-0.05, 0) is 24.3 Å². The van der Waals surface area contributed by atoms with Crippen LogP contribution in [0.5, 0.6) is 11.5 Å². The van der Waals surface area contributed by atoms with E-state index in [4.69, 9.17) is 9.47 Å². The summed E-state index contributed by atoms with van der Waals surface area (Å²) in [6.07, 6.45) is 0. The highest BCUT2D eigenvalue weighted by Gasteiger charge is 2.03. The van der Waals surface area contributed by atoms with E-state index in [2.05, 4.69) is 11.1 Å². The Hall–Kier alpha value is -1.72. The second kappa shape index (κ2) is 6.83. The third-order valence-corrected chi connectivity index (χ3v) is 5.04. The summed E-state index contributed by atoms with van der Waals surface area (Å²) >= 11 is 3.45. The van der Waals surface area contributed by atoms with E-state index in [1.807, 2.05) is 42.5 Å². The molecule has 0 aliphatic rings. The van der Waals surface area contributed by atoms with Crippen molar-refractivity contribution in [3.05, 3.63) is 48.5 Å². The summed E-state index contributed by atoms with van der Waals surface area (Å²) in [5.41, 5.74) is 1.07. The molecule has 3 rings (SSSR count). The van der Waals surface area contributed by atoms with Crippen molar-refractivity contribution in [3.8, 4) is 11.5 Å². The Labute approximate surface area is 131 Å². The maximum absolute atomic E-state index is 5.72. The zero-order chi connectivity index (χ0) is 14.5. The fourth-order valence-corrected chi connectivity index (χ4v) is 3.85. The maximum atomic E-state index is 5.72. The summed E-state index contributed by atoms with van der Waals surface area (Å²) < 4.78 is 13.2. The van der Waals surface area contributed by atoms with Gasteiger partial charge in [0, 0.05) is 11.8 Å². The Morgan fingerprint density at radius 2 is 1.95 bits per heavy atom. The van der Waals surface area contributed by atoms with Gasteiger partial charge in [-0.25, -0.2) is 4.98 Å². The fourth-order valence-electron chi connectivity index (χ4n) is 1.89. The minimum atomic E-state index is 0.647. The summed E-state index contributed by atoms with van der Waals surface area (Å²) in [6.45, 7) is 0.647. The molecule has 0 fully saturated rings. The van der Waals surface area contributed by atoms with Crippen LogP contribution >= 0.6 is 23.1 Å². The van der Waals surface area contributed by atoms with E-state index < -0.39 is 0 Å². The summed E-state index contributed by atoms with van der Waals surface area (Å²) in [7, 11) is 1.65. The van der Waals surface area contributed by atoms with Crippen molar-refractivity contribution in [1.82, 2.24) is 4.98 Å².